The summed E-state index contributed by atoms with van der Waals surface area (Å²) in [5.41, 5.74) is 6.82. The van der Waals surface area contributed by atoms with E-state index >= 15 is 0 Å². The summed E-state index contributed by atoms with van der Waals surface area (Å²) < 4.78 is 29.6. The molecule has 39 heavy (non-hydrogen) atoms. The summed E-state index contributed by atoms with van der Waals surface area (Å²) in [6, 6.07) is 21.5. The van der Waals surface area contributed by atoms with Gasteiger partial charge < -0.3 is 4.90 Å². The summed E-state index contributed by atoms with van der Waals surface area (Å²) in [6.45, 7) is 4.80. The highest BCUT2D eigenvalue weighted by atomic mass is 19.1. The van der Waals surface area contributed by atoms with E-state index in [2.05, 4.69) is 29.2 Å². The minimum absolute atomic E-state index is 0.0197. The number of carbonyl (C=O) groups is 1. The van der Waals surface area contributed by atoms with Gasteiger partial charge in [0.1, 0.15) is 11.6 Å². The Bertz CT molecular complexity index is 1480. The van der Waals surface area contributed by atoms with Crippen LogP contribution >= 0.6 is 0 Å². The van der Waals surface area contributed by atoms with Crippen molar-refractivity contribution >= 4 is 5.91 Å². The van der Waals surface area contributed by atoms with Crippen molar-refractivity contribution in [3.63, 3.8) is 0 Å². The van der Waals surface area contributed by atoms with Gasteiger partial charge in [-0.1, -0.05) is 48.5 Å². The van der Waals surface area contributed by atoms with Gasteiger partial charge in [0.15, 0.2) is 0 Å². The standard InChI is InChI=1S/C32H32F2N4O/c1-22-7-10-26(34)18-31(22)38-30-15-16-36(19-24-5-3-2-4-6-24)20-28(30)29(35-38)21-37(27-13-14-27)32(39)17-23-8-11-25(33)12-9-23/h2-12,18,27H,13-17,19-21H2,1H3. The van der Waals surface area contributed by atoms with Crippen molar-refractivity contribution in [1.29, 1.82) is 0 Å². The van der Waals surface area contributed by atoms with Crippen molar-refractivity contribution in [2.75, 3.05) is 6.54 Å². The highest BCUT2D eigenvalue weighted by molar-refractivity contribution is 5.79. The zero-order chi connectivity index (χ0) is 26.9. The van der Waals surface area contributed by atoms with Crippen molar-refractivity contribution in [3.05, 3.63) is 118 Å². The lowest BCUT2D eigenvalue weighted by Gasteiger charge is -2.29. The van der Waals surface area contributed by atoms with Crippen molar-refractivity contribution in [1.82, 2.24) is 19.6 Å². The predicted octanol–water partition coefficient (Wildman–Crippen LogP) is 5.75. The van der Waals surface area contributed by atoms with E-state index in [1.165, 1.54) is 23.8 Å². The highest BCUT2D eigenvalue weighted by Crippen LogP contribution is 2.33. The fourth-order valence-electron chi connectivity index (χ4n) is 5.50. The number of hydrogen-bond acceptors (Lipinski definition) is 3. The van der Waals surface area contributed by atoms with Crippen LogP contribution in [0, 0.1) is 18.6 Å². The molecule has 0 N–H and O–H groups in total. The van der Waals surface area contributed by atoms with E-state index in [0.717, 1.165) is 72.7 Å². The smallest absolute Gasteiger partial charge is 0.227 e. The van der Waals surface area contributed by atoms with E-state index in [-0.39, 0.29) is 30.0 Å². The number of aryl methyl sites for hydroxylation is 1. The van der Waals surface area contributed by atoms with Crippen molar-refractivity contribution in [2.24, 2.45) is 0 Å². The zero-order valence-electron chi connectivity index (χ0n) is 22.1. The molecule has 0 saturated heterocycles. The maximum Gasteiger partial charge on any atom is 0.227 e. The molecule has 0 atom stereocenters. The van der Waals surface area contributed by atoms with E-state index in [0.29, 0.717) is 6.54 Å². The largest absolute Gasteiger partial charge is 0.333 e. The molecule has 2 heterocycles. The van der Waals surface area contributed by atoms with Crippen molar-refractivity contribution in [2.45, 2.75) is 58.3 Å². The Hall–Kier alpha value is -3.84. The van der Waals surface area contributed by atoms with Gasteiger partial charge in [0.25, 0.3) is 0 Å². The number of benzene rings is 3. The molecule has 3 aromatic carbocycles. The van der Waals surface area contributed by atoms with E-state index in [4.69, 9.17) is 5.10 Å². The molecular formula is C32H32F2N4O. The number of rotatable bonds is 8. The van der Waals surface area contributed by atoms with Crippen LogP contribution in [0.15, 0.2) is 72.8 Å². The first-order chi connectivity index (χ1) is 18.9. The lowest BCUT2D eigenvalue weighted by atomic mass is 10.0. The SMILES string of the molecule is Cc1ccc(F)cc1-n1nc(CN(C(=O)Cc2ccc(F)cc2)C2CC2)c2c1CCN(Cc1ccccc1)C2. The normalized spacial score (nSPS) is 15.3. The quantitative estimate of drug-likeness (QED) is 0.294. The van der Waals surface area contributed by atoms with E-state index in [1.54, 1.807) is 24.3 Å². The number of aromatic nitrogens is 2. The monoisotopic (exact) mass is 526 g/mol. The van der Waals surface area contributed by atoms with Crippen LogP contribution < -0.4 is 0 Å². The van der Waals surface area contributed by atoms with Gasteiger partial charge in [0.05, 0.1) is 30.0 Å². The third kappa shape index (κ3) is 5.64. The van der Waals surface area contributed by atoms with Crippen LogP contribution in [-0.2, 0) is 37.3 Å². The maximum absolute atomic E-state index is 14.3. The van der Waals surface area contributed by atoms with Crippen LogP contribution in [0.25, 0.3) is 5.69 Å². The third-order valence-corrected chi connectivity index (χ3v) is 7.76. The van der Waals surface area contributed by atoms with E-state index in [1.807, 2.05) is 22.6 Å². The molecule has 1 aliphatic carbocycles. The Balaban J connectivity index is 1.32. The van der Waals surface area contributed by atoms with Crippen molar-refractivity contribution < 1.29 is 13.6 Å². The fourth-order valence-corrected chi connectivity index (χ4v) is 5.50. The molecule has 1 fully saturated rings. The predicted molar refractivity (Wildman–Crippen MR) is 146 cm³/mol. The average Bonchev–Trinajstić information content (AvgIpc) is 3.72. The molecule has 1 saturated carbocycles. The molecule has 200 valence electrons. The minimum atomic E-state index is -0.310. The van der Waals surface area contributed by atoms with Gasteiger partial charge in [-0.25, -0.2) is 13.5 Å². The Kier molecular flexibility index (Phi) is 7.00. The van der Waals surface area contributed by atoms with Crippen LogP contribution in [0.5, 0.6) is 0 Å². The van der Waals surface area contributed by atoms with Crippen LogP contribution in [0.3, 0.4) is 0 Å². The molecule has 1 aliphatic heterocycles. The Morgan fingerprint density at radius 1 is 0.974 bits per heavy atom. The molecule has 0 radical (unpaired) electrons. The molecule has 5 nitrogen and oxygen atoms in total. The Labute approximate surface area is 227 Å². The molecule has 7 heteroatoms. The number of carbonyl (C=O) groups excluding carboxylic acids is 1. The van der Waals surface area contributed by atoms with Crippen molar-refractivity contribution in [3.8, 4) is 5.69 Å². The number of hydrogen-bond donors (Lipinski definition) is 0. The number of fused-ring (bicyclic) bond motifs is 1. The first kappa shape index (κ1) is 25.4. The van der Waals surface area contributed by atoms with Gasteiger partial charge >= 0.3 is 0 Å². The number of amides is 1. The lowest BCUT2D eigenvalue weighted by molar-refractivity contribution is -0.131. The van der Waals surface area contributed by atoms with Gasteiger partial charge in [-0.15, -0.1) is 0 Å². The van der Waals surface area contributed by atoms with E-state index < -0.39 is 0 Å². The molecule has 0 spiro atoms. The summed E-state index contributed by atoms with van der Waals surface area (Å²) in [4.78, 5) is 17.8. The molecule has 1 amide bonds. The second kappa shape index (κ2) is 10.7. The second-order valence-corrected chi connectivity index (χ2v) is 10.7. The molecule has 4 aromatic rings. The minimum Gasteiger partial charge on any atom is -0.333 e. The van der Waals surface area contributed by atoms with Gasteiger partial charge in [-0.3, -0.25) is 9.69 Å². The summed E-state index contributed by atoms with van der Waals surface area (Å²) >= 11 is 0. The third-order valence-electron chi connectivity index (χ3n) is 7.76. The summed E-state index contributed by atoms with van der Waals surface area (Å²) in [7, 11) is 0. The van der Waals surface area contributed by atoms with Crippen LogP contribution in [0.1, 0.15) is 46.5 Å². The van der Waals surface area contributed by atoms with Gasteiger partial charge in [-0.2, -0.15) is 5.10 Å². The Morgan fingerprint density at radius 3 is 2.46 bits per heavy atom. The number of halogens is 2. The van der Waals surface area contributed by atoms with E-state index in [9.17, 15) is 13.6 Å². The van der Waals surface area contributed by atoms with Gasteiger partial charge in [0.2, 0.25) is 5.91 Å². The molecular weight excluding hydrogens is 494 g/mol. The van der Waals surface area contributed by atoms with Gasteiger partial charge in [0, 0.05) is 37.7 Å². The fraction of sp³-hybridized carbons (Fsp3) is 0.312. The summed E-state index contributed by atoms with van der Waals surface area (Å²) in [6.07, 6.45) is 2.96. The lowest BCUT2D eigenvalue weighted by Crippen LogP contribution is -2.35. The second-order valence-electron chi connectivity index (χ2n) is 10.7. The molecule has 2 aliphatic rings. The first-order valence-corrected chi connectivity index (χ1v) is 13.6. The summed E-state index contributed by atoms with van der Waals surface area (Å²) in [5.74, 6) is -0.585. The van der Waals surface area contributed by atoms with Crippen LogP contribution in [0.4, 0.5) is 8.78 Å². The Morgan fingerprint density at radius 2 is 1.72 bits per heavy atom. The maximum atomic E-state index is 14.3. The molecule has 1 aromatic heterocycles. The van der Waals surface area contributed by atoms with Gasteiger partial charge in [-0.05, 0) is 60.7 Å². The molecule has 0 bridgehead atoms. The topological polar surface area (TPSA) is 41.4 Å². The first-order valence-electron chi connectivity index (χ1n) is 13.6. The highest BCUT2D eigenvalue weighted by Gasteiger charge is 2.35. The molecule has 0 unspecified atom stereocenters. The van der Waals surface area contributed by atoms with Crippen LogP contribution in [0.2, 0.25) is 0 Å². The van der Waals surface area contributed by atoms with Crippen LogP contribution in [-0.4, -0.2) is 38.1 Å². The number of nitrogens with zero attached hydrogens (tertiary/aromatic N) is 4. The molecule has 6 rings (SSSR count). The average molecular weight is 527 g/mol. The summed E-state index contributed by atoms with van der Waals surface area (Å²) in [5, 5.41) is 5.04. The zero-order valence-corrected chi connectivity index (χ0v) is 22.1.